The normalized spacial score (nSPS) is 28.8. The van der Waals surface area contributed by atoms with Crippen LogP contribution in [0.1, 0.15) is 25.7 Å². The van der Waals surface area contributed by atoms with E-state index in [4.69, 9.17) is 5.11 Å². The number of aliphatic hydroxyl groups is 1. The van der Waals surface area contributed by atoms with Gasteiger partial charge in [-0.25, -0.2) is 0 Å². The van der Waals surface area contributed by atoms with Crippen LogP contribution in [0, 0.1) is 5.41 Å². The Kier molecular flexibility index (Phi) is 2.74. The summed E-state index contributed by atoms with van der Waals surface area (Å²) in [6.07, 6.45) is 4.12. The van der Waals surface area contributed by atoms with Crippen molar-refractivity contribution in [2.75, 3.05) is 19.7 Å². The van der Waals surface area contributed by atoms with Crippen LogP contribution in [-0.4, -0.2) is 36.8 Å². The van der Waals surface area contributed by atoms with Crippen LogP contribution in [0.4, 0.5) is 0 Å². The number of hydrogen-bond acceptors (Lipinski definition) is 3. The maximum absolute atomic E-state index is 11.6. The maximum Gasteiger partial charge on any atom is 0.237 e. The van der Waals surface area contributed by atoms with Crippen LogP contribution in [0.15, 0.2) is 0 Å². The summed E-state index contributed by atoms with van der Waals surface area (Å²) in [4.78, 5) is 11.6. The van der Waals surface area contributed by atoms with Gasteiger partial charge in [0.2, 0.25) is 5.91 Å². The molecule has 4 nitrogen and oxygen atoms in total. The number of amides is 1. The van der Waals surface area contributed by atoms with Crippen LogP contribution in [0.25, 0.3) is 0 Å². The Balaban J connectivity index is 1.72. The van der Waals surface area contributed by atoms with E-state index in [1.165, 1.54) is 0 Å². The van der Waals surface area contributed by atoms with Crippen molar-refractivity contribution in [3.05, 3.63) is 0 Å². The van der Waals surface area contributed by atoms with E-state index >= 15 is 0 Å². The molecule has 1 aliphatic carbocycles. The average molecular weight is 198 g/mol. The van der Waals surface area contributed by atoms with Gasteiger partial charge in [-0.2, -0.15) is 0 Å². The van der Waals surface area contributed by atoms with Gasteiger partial charge in [0, 0.05) is 12.0 Å². The van der Waals surface area contributed by atoms with E-state index in [2.05, 4.69) is 10.6 Å². The summed E-state index contributed by atoms with van der Waals surface area (Å²) < 4.78 is 0. The Morgan fingerprint density at radius 3 is 2.86 bits per heavy atom. The lowest BCUT2D eigenvalue weighted by atomic mass is 10.1. The van der Waals surface area contributed by atoms with Crippen molar-refractivity contribution in [1.29, 1.82) is 0 Å². The highest BCUT2D eigenvalue weighted by Gasteiger charge is 2.42. The third-order valence-electron chi connectivity index (χ3n) is 3.31. The van der Waals surface area contributed by atoms with Crippen LogP contribution in [0.5, 0.6) is 0 Å². The lowest BCUT2D eigenvalue weighted by molar-refractivity contribution is -0.123. The summed E-state index contributed by atoms with van der Waals surface area (Å²) in [5, 5.41) is 15.1. The van der Waals surface area contributed by atoms with Crippen LogP contribution < -0.4 is 10.6 Å². The first kappa shape index (κ1) is 9.93. The molecule has 2 rings (SSSR count). The number of aliphatic hydroxyl groups excluding tert-OH is 1. The Bertz CT molecular complexity index is 220. The van der Waals surface area contributed by atoms with E-state index in [-0.39, 0.29) is 24.0 Å². The largest absolute Gasteiger partial charge is 0.396 e. The molecule has 4 heteroatoms. The van der Waals surface area contributed by atoms with Crippen molar-refractivity contribution in [2.24, 2.45) is 5.41 Å². The van der Waals surface area contributed by atoms with Crippen LogP contribution in [-0.2, 0) is 4.79 Å². The molecule has 1 heterocycles. The van der Waals surface area contributed by atoms with E-state index < -0.39 is 0 Å². The highest BCUT2D eigenvalue weighted by atomic mass is 16.3. The van der Waals surface area contributed by atoms with E-state index in [0.717, 1.165) is 32.2 Å². The molecule has 80 valence electrons. The van der Waals surface area contributed by atoms with Crippen molar-refractivity contribution >= 4 is 5.91 Å². The first-order chi connectivity index (χ1) is 6.76. The number of carbonyl (C=O) groups is 1. The van der Waals surface area contributed by atoms with Gasteiger partial charge in [-0.3, -0.25) is 4.79 Å². The van der Waals surface area contributed by atoms with Crippen molar-refractivity contribution in [3.8, 4) is 0 Å². The number of hydrogen-bond donors (Lipinski definition) is 3. The quantitative estimate of drug-likeness (QED) is 0.577. The molecule has 0 aromatic heterocycles. The lowest BCUT2D eigenvalue weighted by Gasteiger charge is -2.15. The van der Waals surface area contributed by atoms with Crippen LogP contribution >= 0.6 is 0 Å². The Labute approximate surface area is 84.1 Å². The molecular formula is C10H18N2O2. The maximum atomic E-state index is 11.6. The molecule has 0 spiro atoms. The molecule has 0 aromatic rings. The van der Waals surface area contributed by atoms with Crippen LogP contribution in [0.2, 0.25) is 0 Å². The zero-order valence-corrected chi connectivity index (χ0v) is 8.38. The van der Waals surface area contributed by atoms with E-state index in [0.29, 0.717) is 6.54 Å². The van der Waals surface area contributed by atoms with E-state index in [9.17, 15) is 4.79 Å². The monoisotopic (exact) mass is 198 g/mol. The highest BCUT2D eigenvalue weighted by Crippen LogP contribution is 2.44. The molecule has 14 heavy (non-hydrogen) atoms. The molecule has 0 aromatic carbocycles. The lowest BCUT2D eigenvalue weighted by Crippen LogP contribution is -2.43. The first-order valence-corrected chi connectivity index (χ1v) is 5.38. The van der Waals surface area contributed by atoms with E-state index in [1.54, 1.807) is 0 Å². The zero-order valence-electron chi connectivity index (χ0n) is 8.38. The Morgan fingerprint density at radius 2 is 2.36 bits per heavy atom. The summed E-state index contributed by atoms with van der Waals surface area (Å²) in [5.41, 5.74) is 0.0221. The molecule has 0 radical (unpaired) electrons. The molecule has 1 amide bonds. The number of carbonyl (C=O) groups excluding carboxylic acids is 1. The fourth-order valence-corrected chi connectivity index (χ4v) is 1.87. The van der Waals surface area contributed by atoms with Gasteiger partial charge < -0.3 is 15.7 Å². The van der Waals surface area contributed by atoms with Crippen LogP contribution in [0.3, 0.4) is 0 Å². The second-order valence-electron chi connectivity index (χ2n) is 4.52. The third kappa shape index (κ3) is 2.07. The molecule has 0 bridgehead atoms. The predicted molar refractivity (Wildman–Crippen MR) is 52.8 cm³/mol. The Hall–Kier alpha value is -0.610. The molecule has 3 N–H and O–H groups in total. The molecule has 1 saturated carbocycles. The van der Waals surface area contributed by atoms with Gasteiger partial charge in [0.25, 0.3) is 0 Å². The van der Waals surface area contributed by atoms with Gasteiger partial charge in [0.1, 0.15) is 0 Å². The summed E-state index contributed by atoms with van der Waals surface area (Å²) in [6.45, 7) is 1.79. The second-order valence-corrected chi connectivity index (χ2v) is 4.52. The van der Waals surface area contributed by atoms with Gasteiger partial charge in [-0.05, 0) is 32.2 Å². The van der Waals surface area contributed by atoms with Crippen molar-refractivity contribution < 1.29 is 9.90 Å². The summed E-state index contributed by atoms with van der Waals surface area (Å²) in [5.74, 6) is 0.0993. The highest BCUT2D eigenvalue weighted by molar-refractivity contribution is 5.82. The average Bonchev–Trinajstić information content (AvgIpc) is 2.78. The minimum absolute atomic E-state index is 0.00416. The standard InChI is InChI=1S/C10H18N2O2/c13-7-10(3-4-10)6-12-9(14)8-2-1-5-11-8/h8,11,13H,1-7H2,(H,12,14). The van der Waals surface area contributed by atoms with E-state index in [1.807, 2.05) is 0 Å². The number of nitrogens with one attached hydrogen (secondary N) is 2. The Morgan fingerprint density at radius 1 is 1.57 bits per heavy atom. The van der Waals surface area contributed by atoms with Gasteiger partial charge in [0.05, 0.1) is 12.6 Å². The molecule has 1 unspecified atom stereocenters. The molecule has 1 aliphatic heterocycles. The van der Waals surface area contributed by atoms with Gasteiger partial charge in [0.15, 0.2) is 0 Å². The minimum Gasteiger partial charge on any atom is -0.396 e. The minimum atomic E-state index is 0.00416. The fraction of sp³-hybridized carbons (Fsp3) is 0.900. The summed E-state index contributed by atoms with van der Waals surface area (Å²) in [6, 6.07) is 0.00416. The SMILES string of the molecule is O=C(NCC1(CO)CC1)C1CCCN1. The first-order valence-electron chi connectivity index (χ1n) is 5.38. The topological polar surface area (TPSA) is 61.4 Å². The zero-order chi connectivity index (χ0) is 10.0. The van der Waals surface area contributed by atoms with Gasteiger partial charge in [-0.1, -0.05) is 0 Å². The van der Waals surface area contributed by atoms with Gasteiger partial charge >= 0.3 is 0 Å². The molecule has 2 aliphatic rings. The van der Waals surface area contributed by atoms with Crippen molar-refractivity contribution in [1.82, 2.24) is 10.6 Å². The number of rotatable bonds is 4. The third-order valence-corrected chi connectivity index (χ3v) is 3.31. The molecule has 2 fully saturated rings. The van der Waals surface area contributed by atoms with Gasteiger partial charge in [-0.15, -0.1) is 0 Å². The smallest absolute Gasteiger partial charge is 0.237 e. The molecule has 1 atom stereocenters. The van der Waals surface area contributed by atoms with Crippen molar-refractivity contribution in [3.63, 3.8) is 0 Å². The molecule has 1 saturated heterocycles. The molecular weight excluding hydrogens is 180 g/mol. The summed E-state index contributed by atoms with van der Waals surface area (Å²) >= 11 is 0. The summed E-state index contributed by atoms with van der Waals surface area (Å²) in [7, 11) is 0. The second kappa shape index (κ2) is 3.87. The fourth-order valence-electron chi connectivity index (χ4n) is 1.87. The van der Waals surface area contributed by atoms with Crippen molar-refractivity contribution in [2.45, 2.75) is 31.7 Å². The predicted octanol–water partition coefficient (Wildman–Crippen LogP) is -0.373.